The van der Waals surface area contributed by atoms with E-state index in [1.807, 2.05) is 49.9 Å². The van der Waals surface area contributed by atoms with Crippen molar-refractivity contribution in [1.82, 2.24) is 0 Å². The molecule has 2 N–H and O–H groups in total. The van der Waals surface area contributed by atoms with Crippen molar-refractivity contribution in [3.05, 3.63) is 92.4 Å². The molecular formula is C25H24N4O3. The second-order valence-electron chi connectivity index (χ2n) is 9.17. The fraction of sp³-hybridized carbons (Fsp3) is 0.280. The molecule has 1 atom stereocenters. The maximum absolute atomic E-state index is 13.4. The minimum Gasteiger partial charge on any atom is -0.384 e. The van der Waals surface area contributed by atoms with Crippen LogP contribution in [0.3, 0.4) is 0 Å². The summed E-state index contributed by atoms with van der Waals surface area (Å²) in [5.74, 6) is -0.399. The van der Waals surface area contributed by atoms with Gasteiger partial charge in [0.25, 0.3) is 5.69 Å². The number of anilines is 1. The van der Waals surface area contributed by atoms with Crippen LogP contribution in [-0.4, -0.2) is 10.7 Å². The van der Waals surface area contributed by atoms with E-state index in [0.29, 0.717) is 24.0 Å². The molecule has 1 aliphatic heterocycles. The number of hydrogen-bond acceptors (Lipinski definition) is 6. The first-order chi connectivity index (χ1) is 15.1. The third-order valence-electron chi connectivity index (χ3n) is 6.08. The SMILES string of the molecule is Cc1cccc(N2C(N)=C(C#N)C(c3ccc([N+](=O)[O-])cc3)C3=C2CC(C)(C)CC3=O)c1. The summed E-state index contributed by atoms with van der Waals surface area (Å²) in [5, 5.41) is 21.2. The van der Waals surface area contributed by atoms with Crippen molar-refractivity contribution in [2.75, 3.05) is 4.90 Å². The zero-order valence-electron chi connectivity index (χ0n) is 18.3. The second kappa shape index (κ2) is 7.65. The van der Waals surface area contributed by atoms with Crippen LogP contribution in [0.4, 0.5) is 11.4 Å². The summed E-state index contributed by atoms with van der Waals surface area (Å²) in [6.07, 6.45) is 0.973. The lowest BCUT2D eigenvalue weighted by molar-refractivity contribution is -0.384. The zero-order valence-corrected chi connectivity index (χ0v) is 18.3. The van der Waals surface area contributed by atoms with Gasteiger partial charge in [-0.3, -0.25) is 19.8 Å². The van der Waals surface area contributed by atoms with E-state index in [1.165, 1.54) is 12.1 Å². The second-order valence-corrected chi connectivity index (χ2v) is 9.17. The Labute approximate surface area is 186 Å². The van der Waals surface area contributed by atoms with Crippen LogP contribution < -0.4 is 10.6 Å². The Morgan fingerprint density at radius 2 is 1.88 bits per heavy atom. The van der Waals surface area contributed by atoms with Gasteiger partial charge >= 0.3 is 0 Å². The van der Waals surface area contributed by atoms with Crippen molar-refractivity contribution < 1.29 is 9.72 Å². The zero-order chi connectivity index (χ0) is 23.2. The highest BCUT2D eigenvalue weighted by Gasteiger charge is 2.44. The van der Waals surface area contributed by atoms with Crippen LogP contribution in [-0.2, 0) is 4.79 Å². The molecule has 1 aliphatic carbocycles. The summed E-state index contributed by atoms with van der Waals surface area (Å²) in [5.41, 5.74) is 10.4. The van der Waals surface area contributed by atoms with Crippen LogP contribution in [0, 0.1) is 33.8 Å². The summed E-state index contributed by atoms with van der Waals surface area (Å²) < 4.78 is 0. The van der Waals surface area contributed by atoms with Crippen molar-refractivity contribution in [3.63, 3.8) is 0 Å². The van der Waals surface area contributed by atoms with Crippen molar-refractivity contribution in [2.24, 2.45) is 11.1 Å². The molecular weight excluding hydrogens is 404 g/mol. The van der Waals surface area contributed by atoms with E-state index in [0.717, 1.165) is 16.9 Å². The fourth-order valence-corrected chi connectivity index (χ4v) is 4.69. The van der Waals surface area contributed by atoms with Crippen LogP contribution >= 0.6 is 0 Å². The molecule has 7 nitrogen and oxygen atoms in total. The van der Waals surface area contributed by atoms with Gasteiger partial charge in [0.05, 0.1) is 22.5 Å². The van der Waals surface area contributed by atoms with E-state index < -0.39 is 10.8 Å². The average molecular weight is 428 g/mol. The normalized spacial score (nSPS) is 20.1. The molecule has 1 heterocycles. The van der Waals surface area contributed by atoms with E-state index in [4.69, 9.17) is 5.73 Å². The Hall–Kier alpha value is -3.92. The summed E-state index contributed by atoms with van der Waals surface area (Å²) in [7, 11) is 0. The van der Waals surface area contributed by atoms with Gasteiger partial charge in [0, 0.05) is 35.5 Å². The molecule has 0 bridgehead atoms. The lowest BCUT2D eigenvalue weighted by atomic mass is 9.68. The van der Waals surface area contributed by atoms with Crippen molar-refractivity contribution >= 4 is 17.2 Å². The number of Topliss-reactive ketones (excluding diaryl/α,β-unsaturated/α-hetero) is 1. The Bertz CT molecular complexity index is 1230. The number of nitrogens with zero attached hydrogens (tertiary/aromatic N) is 3. The molecule has 0 saturated carbocycles. The number of aryl methyl sites for hydroxylation is 1. The molecule has 0 spiro atoms. The first-order valence-corrected chi connectivity index (χ1v) is 10.4. The topological polar surface area (TPSA) is 113 Å². The molecule has 1 unspecified atom stereocenters. The predicted molar refractivity (Wildman–Crippen MR) is 121 cm³/mol. The minimum absolute atomic E-state index is 0.0301. The average Bonchev–Trinajstić information content (AvgIpc) is 2.72. The molecule has 0 aromatic heterocycles. The molecule has 32 heavy (non-hydrogen) atoms. The number of nitriles is 1. The van der Waals surface area contributed by atoms with E-state index in [1.54, 1.807) is 12.1 Å². The fourth-order valence-electron chi connectivity index (χ4n) is 4.69. The smallest absolute Gasteiger partial charge is 0.269 e. The molecule has 2 aromatic carbocycles. The molecule has 4 rings (SSSR count). The molecule has 0 saturated heterocycles. The summed E-state index contributed by atoms with van der Waals surface area (Å²) in [6.45, 7) is 6.07. The van der Waals surface area contributed by atoms with E-state index in [2.05, 4.69) is 6.07 Å². The number of non-ortho nitro benzene ring substituents is 1. The maximum atomic E-state index is 13.4. The number of hydrogen-bond donors (Lipinski definition) is 1. The Balaban J connectivity index is 1.97. The number of benzene rings is 2. The Morgan fingerprint density at radius 1 is 1.19 bits per heavy atom. The largest absolute Gasteiger partial charge is 0.384 e. The number of allylic oxidation sites excluding steroid dienone is 3. The number of carbonyl (C=O) groups is 1. The van der Waals surface area contributed by atoms with Gasteiger partial charge in [0.15, 0.2) is 5.78 Å². The number of ketones is 1. The summed E-state index contributed by atoms with van der Waals surface area (Å²) in [4.78, 5) is 25.9. The third-order valence-corrected chi connectivity index (χ3v) is 6.08. The third kappa shape index (κ3) is 3.54. The standard InChI is InChI=1S/C25H24N4O3/c1-15-5-4-6-18(11-15)28-20-12-25(2,3)13-21(30)23(20)22(19(14-26)24(28)27)16-7-9-17(10-8-16)29(31)32/h4-11,22H,12-13,27H2,1-3H3. The first kappa shape index (κ1) is 21.3. The quantitative estimate of drug-likeness (QED) is 0.552. The van der Waals surface area contributed by atoms with Crippen LogP contribution in [0.2, 0.25) is 0 Å². The number of nitro benzene ring substituents is 1. The van der Waals surface area contributed by atoms with Gasteiger partial charge in [-0.15, -0.1) is 0 Å². The van der Waals surface area contributed by atoms with Gasteiger partial charge in [0.2, 0.25) is 0 Å². The first-order valence-electron chi connectivity index (χ1n) is 10.4. The molecule has 0 fully saturated rings. The van der Waals surface area contributed by atoms with Gasteiger partial charge in [-0.2, -0.15) is 5.26 Å². The predicted octanol–water partition coefficient (Wildman–Crippen LogP) is 4.84. The lowest BCUT2D eigenvalue weighted by Gasteiger charge is -2.43. The highest BCUT2D eigenvalue weighted by atomic mass is 16.6. The molecule has 7 heteroatoms. The molecule has 162 valence electrons. The van der Waals surface area contributed by atoms with Crippen molar-refractivity contribution in [1.29, 1.82) is 5.26 Å². The van der Waals surface area contributed by atoms with E-state index in [9.17, 15) is 20.2 Å². The highest BCUT2D eigenvalue weighted by Crippen LogP contribution is 2.50. The van der Waals surface area contributed by atoms with Gasteiger partial charge in [-0.1, -0.05) is 38.1 Å². The van der Waals surface area contributed by atoms with Crippen molar-refractivity contribution in [3.8, 4) is 6.07 Å². The molecule has 2 aromatic rings. The van der Waals surface area contributed by atoms with Gasteiger partial charge < -0.3 is 5.73 Å². The number of nitrogens with two attached hydrogens (primary N) is 1. The number of nitro groups is 1. The molecule has 0 radical (unpaired) electrons. The lowest BCUT2D eigenvalue weighted by Crippen LogP contribution is -2.42. The summed E-state index contributed by atoms with van der Waals surface area (Å²) in [6, 6.07) is 16.0. The Morgan fingerprint density at radius 3 is 2.47 bits per heavy atom. The van der Waals surface area contributed by atoms with Crippen LogP contribution in [0.5, 0.6) is 0 Å². The maximum Gasteiger partial charge on any atom is 0.269 e. The van der Waals surface area contributed by atoms with Crippen LogP contribution in [0.25, 0.3) is 0 Å². The van der Waals surface area contributed by atoms with Gasteiger partial charge in [-0.25, -0.2) is 0 Å². The van der Waals surface area contributed by atoms with E-state index in [-0.39, 0.29) is 28.3 Å². The van der Waals surface area contributed by atoms with Gasteiger partial charge in [-0.05, 0) is 42.0 Å². The van der Waals surface area contributed by atoms with E-state index >= 15 is 0 Å². The summed E-state index contributed by atoms with van der Waals surface area (Å²) >= 11 is 0. The minimum atomic E-state index is -0.652. The molecule has 0 amide bonds. The Kier molecular flexibility index (Phi) is 5.09. The molecule has 2 aliphatic rings. The number of rotatable bonds is 3. The van der Waals surface area contributed by atoms with Gasteiger partial charge in [0.1, 0.15) is 5.82 Å². The highest BCUT2D eigenvalue weighted by molar-refractivity contribution is 6.01. The van der Waals surface area contributed by atoms with Crippen LogP contribution in [0.15, 0.2) is 71.2 Å². The monoisotopic (exact) mass is 428 g/mol. The number of carbonyl (C=O) groups excluding carboxylic acids is 1. The van der Waals surface area contributed by atoms with Crippen LogP contribution in [0.1, 0.15) is 43.7 Å². The van der Waals surface area contributed by atoms with Crippen molar-refractivity contribution in [2.45, 2.75) is 39.5 Å².